The van der Waals surface area contributed by atoms with E-state index in [1.165, 1.54) is 0 Å². The number of carbonyl (C=O) groups excluding carboxylic acids is 1. The van der Waals surface area contributed by atoms with Gasteiger partial charge in [0.05, 0.1) is 13.2 Å². The maximum atomic E-state index is 11.4. The van der Waals surface area contributed by atoms with E-state index in [1.807, 2.05) is 9.80 Å². The standard InChI is InChI=1S/C12H19N7O2/c13-10-15-11(18-3-1-9(20)14-2-4-18)17-12(16-10)19-5-7-21-8-6-19/h1-8H2,(H,14,20)(H2,13,15,16,17). The maximum absolute atomic E-state index is 11.4. The summed E-state index contributed by atoms with van der Waals surface area (Å²) in [6.45, 7) is 4.62. The molecule has 1 aromatic rings. The minimum absolute atomic E-state index is 0.0490. The van der Waals surface area contributed by atoms with Gasteiger partial charge >= 0.3 is 0 Å². The van der Waals surface area contributed by atoms with Crippen LogP contribution in [0, 0.1) is 0 Å². The molecule has 9 heteroatoms. The highest BCUT2D eigenvalue weighted by atomic mass is 16.5. The van der Waals surface area contributed by atoms with E-state index in [9.17, 15) is 4.79 Å². The first-order valence-electron chi connectivity index (χ1n) is 7.08. The Morgan fingerprint density at radius 3 is 2.38 bits per heavy atom. The molecular formula is C12H19N7O2. The van der Waals surface area contributed by atoms with E-state index in [0.29, 0.717) is 51.2 Å². The van der Waals surface area contributed by atoms with Gasteiger partial charge in [0.1, 0.15) is 0 Å². The first kappa shape index (κ1) is 13.8. The third kappa shape index (κ3) is 3.30. The van der Waals surface area contributed by atoms with E-state index in [2.05, 4.69) is 20.3 Å². The van der Waals surface area contributed by atoms with Crippen LogP contribution in [0.25, 0.3) is 0 Å². The second-order valence-electron chi connectivity index (χ2n) is 4.98. The van der Waals surface area contributed by atoms with Crippen LogP contribution in [0.15, 0.2) is 0 Å². The van der Waals surface area contributed by atoms with Gasteiger partial charge in [0.25, 0.3) is 0 Å². The van der Waals surface area contributed by atoms with Crippen molar-refractivity contribution in [1.82, 2.24) is 20.3 Å². The molecule has 3 N–H and O–H groups in total. The molecule has 0 bridgehead atoms. The van der Waals surface area contributed by atoms with E-state index < -0.39 is 0 Å². The summed E-state index contributed by atoms with van der Waals surface area (Å²) in [5.74, 6) is 1.35. The highest BCUT2D eigenvalue weighted by molar-refractivity contribution is 5.77. The van der Waals surface area contributed by atoms with Gasteiger partial charge in [-0.05, 0) is 0 Å². The summed E-state index contributed by atoms with van der Waals surface area (Å²) in [7, 11) is 0. The van der Waals surface area contributed by atoms with Gasteiger partial charge in [-0.2, -0.15) is 15.0 Å². The Morgan fingerprint density at radius 2 is 1.67 bits per heavy atom. The second kappa shape index (κ2) is 6.08. The van der Waals surface area contributed by atoms with Gasteiger partial charge in [0.15, 0.2) is 0 Å². The van der Waals surface area contributed by atoms with Crippen LogP contribution >= 0.6 is 0 Å². The van der Waals surface area contributed by atoms with E-state index in [1.54, 1.807) is 0 Å². The summed E-state index contributed by atoms with van der Waals surface area (Å²) < 4.78 is 5.33. The van der Waals surface area contributed by atoms with Gasteiger partial charge in [0.2, 0.25) is 23.8 Å². The fourth-order valence-corrected chi connectivity index (χ4v) is 2.38. The molecule has 2 saturated heterocycles. The zero-order valence-electron chi connectivity index (χ0n) is 11.8. The molecule has 0 spiro atoms. The summed E-state index contributed by atoms with van der Waals surface area (Å²) in [6, 6.07) is 0. The zero-order chi connectivity index (χ0) is 14.7. The number of ether oxygens (including phenoxy) is 1. The van der Waals surface area contributed by atoms with Crippen molar-refractivity contribution >= 4 is 23.8 Å². The number of amides is 1. The SMILES string of the molecule is Nc1nc(N2CCOCC2)nc(N2CCNC(=O)CC2)n1. The molecule has 9 nitrogen and oxygen atoms in total. The molecule has 0 aliphatic carbocycles. The van der Waals surface area contributed by atoms with E-state index in [0.717, 1.165) is 13.1 Å². The van der Waals surface area contributed by atoms with Crippen LogP contribution in [-0.2, 0) is 9.53 Å². The van der Waals surface area contributed by atoms with Crippen LogP contribution in [0.4, 0.5) is 17.8 Å². The number of nitrogens with two attached hydrogens (primary N) is 1. The van der Waals surface area contributed by atoms with Crippen molar-refractivity contribution in [3.05, 3.63) is 0 Å². The fraction of sp³-hybridized carbons (Fsp3) is 0.667. The highest BCUT2D eigenvalue weighted by Gasteiger charge is 2.20. The number of nitrogen functional groups attached to an aromatic ring is 1. The Balaban J connectivity index is 1.81. The third-order valence-corrected chi connectivity index (χ3v) is 3.52. The molecule has 0 atom stereocenters. The number of aromatic nitrogens is 3. The molecule has 0 unspecified atom stereocenters. The topological polar surface area (TPSA) is 109 Å². The molecule has 0 aromatic carbocycles. The van der Waals surface area contributed by atoms with Crippen LogP contribution in [0.3, 0.4) is 0 Å². The minimum atomic E-state index is 0.0490. The van der Waals surface area contributed by atoms with Crippen molar-refractivity contribution in [1.29, 1.82) is 0 Å². The van der Waals surface area contributed by atoms with Gasteiger partial charge in [-0.3, -0.25) is 4.79 Å². The average molecular weight is 293 g/mol. The molecule has 1 amide bonds. The Morgan fingerprint density at radius 1 is 1.00 bits per heavy atom. The summed E-state index contributed by atoms with van der Waals surface area (Å²) in [4.78, 5) is 28.3. The van der Waals surface area contributed by atoms with Crippen molar-refractivity contribution < 1.29 is 9.53 Å². The molecule has 0 saturated carbocycles. The Bertz CT molecular complexity index is 518. The molecule has 2 aliphatic rings. The Kier molecular flexibility index (Phi) is 4.00. The second-order valence-corrected chi connectivity index (χ2v) is 4.98. The molecule has 1 aromatic heterocycles. The fourth-order valence-electron chi connectivity index (χ4n) is 2.38. The molecule has 0 radical (unpaired) electrons. The zero-order valence-corrected chi connectivity index (χ0v) is 11.8. The van der Waals surface area contributed by atoms with Crippen molar-refractivity contribution in [2.45, 2.75) is 6.42 Å². The van der Waals surface area contributed by atoms with Crippen LogP contribution in [0.1, 0.15) is 6.42 Å². The summed E-state index contributed by atoms with van der Waals surface area (Å²) in [6.07, 6.45) is 0.429. The Hall–Kier alpha value is -2.16. The largest absolute Gasteiger partial charge is 0.378 e. The lowest BCUT2D eigenvalue weighted by atomic mass is 10.4. The average Bonchev–Trinajstić information content (AvgIpc) is 2.72. The number of nitrogens with one attached hydrogen (secondary N) is 1. The van der Waals surface area contributed by atoms with E-state index >= 15 is 0 Å². The normalized spacial score (nSPS) is 20.1. The molecule has 114 valence electrons. The highest BCUT2D eigenvalue weighted by Crippen LogP contribution is 2.17. The first-order valence-corrected chi connectivity index (χ1v) is 7.08. The number of nitrogens with zero attached hydrogens (tertiary/aromatic N) is 5. The van der Waals surface area contributed by atoms with Crippen molar-refractivity contribution in [3.63, 3.8) is 0 Å². The molecule has 21 heavy (non-hydrogen) atoms. The van der Waals surface area contributed by atoms with Crippen LogP contribution in [0.2, 0.25) is 0 Å². The van der Waals surface area contributed by atoms with E-state index in [-0.39, 0.29) is 11.9 Å². The predicted molar refractivity (Wildman–Crippen MR) is 77.1 cm³/mol. The van der Waals surface area contributed by atoms with Gasteiger partial charge in [-0.1, -0.05) is 0 Å². The molecule has 3 heterocycles. The van der Waals surface area contributed by atoms with Crippen LogP contribution < -0.4 is 20.9 Å². The number of rotatable bonds is 2. The predicted octanol–water partition coefficient (Wildman–Crippen LogP) is -1.38. The quantitative estimate of drug-likeness (QED) is 0.686. The van der Waals surface area contributed by atoms with Gasteiger partial charge in [-0.15, -0.1) is 0 Å². The number of hydrogen-bond acceptors (Lipinski definition) is 8. The maximum Gasteiger partial charge on any atom is 0.232 e. The number of morpholine rings is 1. The van der Waals surface area contributed by atoms with Gasteiger partial charge < -0.3 is 25.6 Å². The van der Waals surface area contributed by atoms with Gasteiger partial charge in [-0.25, -0.2) is 0 Å². The van der Waals surface area contributed by atoms with Crippen molar-refractivity contribution in [2.75, 3.05) is 61.5 Å². The third-order valence-electron chi connectivity index (χ3n) is 3.52. The van der Waals surface area contributed by atoms with Crippen molar-refractivity contribution in [2.24, 2.45) is 0 Å². The van der Waals surface area contributed by atoms with E-state index in [4.69, 9.17) is 10.5 Å². The van der Waals surface area contributed by atoms with Gasteiger partial charge in [0, 0.05) is 39.1 Å². The Labute approximate surface area is 122 Å². The van der Waals surface area contributed by atoms with Crippen LogP contribution in [-0.4, -0.2) is 66.8 Å². The lowest BCUT2D eigenvalue weighted by molar-refractivity contribution is -0.120. The lowest BCUT2D eigenvalue weighted by Gasteiger charge is -2.28. The summed E-state index contributed by atoms with van der Waals surface area (Å²) >= 11 is 0. The number of carbonyl (C=O) groups is 1. The van der Waals surface area contributed by atoms with Crippen molar-refractivity contribution in [3.8, 4) is 0 Å². The number of anilines is 3. The molecular weight excluding hydrogens is 274 g/mol. The smallest absolute Gasteiger partial charge is 0.232 e. The molecule has 3 rings (SSSR count). The monoisotopic (exact) mass is 293 g/mol. The lowest BCUT2D eigenvalue weighted by Crippen LogP contribution is -2.38. The summed E-state index contributed by atoms with van der Waals surface area (Å²) in [5.41, 5.74) is 5.81. The number of hydrogen-bond donors (Lipinski definition) is 2. The molecule has 2 aliphatic heterocycles. The molecule has 2 fully saturated rings. The minimum Gasteiger partial charge on any atom is -0.378 e. The van der Waals surface area contributed by atoms with Crippen LogP contribution in [0.5, 0.6) is 0 Å². The summed E-state index contributed by atoms with van der Waals surface area (Å²) in [5, 5.41) is 2.83. The first-order chi connectivity index (χ1) is 10.2.